The molecule has 2 N–H and O–H groups in total. The Morgan fingerprint density at radius 1 is 1.10 bits per heavy atom. The molecule has 0 unspecified atom stereocenters. The van der Waals surface area contributed by atoms with Crippen LogP contribution in [0.15, 0.2) is 42.5 Å². The number of aryl methyl sites for hydroxylation is 1. The molecule has 2 aromatic carbocycles. The van der Waals surface area contributed by atoms with E-state index in [4.69, 9.17) is 5.73 Å². The van der Waals surface area contributed by atoms with E-state index in [2.05, 4.69) is 61.4 Å². The summed E-state index contributed by atoms with van der Waals surface area (Å²) in [4.78, 5) is 0. The van der Waals surface area contributed by atoms with Gasteiger partial charge >= 0.3 is 0 Å². The molecule has 108 valence electrons. The van der Waals surface area contributed by atoms with Crippen LogP contribution in [0.5, 0.6) is 0 Å². The van der Waals surface area contributed by atoms with Gasteiger partial charge < -0.3 is 5.73 Å². The minimum atomic E-state index is 0.547. The maximum Gasteiger partial charge on any atom is 0.125 e. The van der Waals surface area contributed by atoms with E-state index in [1.165, 1.54) is 10.8 Å². The van der Waals surface area contributed by atoms with E-state index < -0.39 is 0 Å². The van der Waals surface area contributed by atoms with Gasteiger partial charge in [-0.25, -0.2) is 0 Å². The fourth-order valence-corrected chi connectivity index (χ4v) is 2.84. The number of nitrogen functional groups attached to an aromatic ring is 1. The van der Waals surface area contributed by atoms with Gasteiger partial charge in [-0.3, -0.25) is 4.68 Å². The molecule has 0 aliphatic carbocycles. The average Bonchev–Trinajstić information content (AvgIpc) is 2.74. The Hall–Kier alpha value is -2.29. The molecule has 1 aromatic heterocycles. The van der Waals surface area contributed by atoms with Crippen LogP contribution >= 0.6 is 0 Å². The number of benzene rings is 2. The maximum absolute atomic E-state index is 6.23. The maximum atomic E-state index is 6.23. The molecule has 21 heavy (non-hydrogen) atoms. The second-order valence-electron chi connectivity index (χ2n) is 5.96. The zero-order chi connectivity index (χ0) is 15.0. The van der Waals surface area contributed by atoms with Crippen molar-refractivity contribution in [2.45, 2.75) is 20.3 Å². The molecule has 0 fully saturated rings. The first kappa shape index (κ1) is 13.7. The SMILES string of the molecule is CC(C)Cc1c(-c2cccc3ccccc23)nn(C)c1N. The molecule has 0 atom stereocenters. The number of hydrogen-bond acceptors (Lipinski definition) is 2. The lowest BCUT2D eigenvalue weighted by molar-refractivity contribution is 0.648. The fraction of sp³-hybridized carbons (Fsp3) is 0.278. The molecular weight excluding hydrogens is 258 g/mol. The predicted octanol–water partition coefficient (Wildman–Crippen LogP) is 4.02. The van der Waals surface area contributed by atoms with Gasteiger partial charge in [0.25, 0.3) is 0 Å². The summed E-state index contributed by atoms with van der Waals surface area (Å²) in [6.07, 6.45) is 0.943. The largest absolute Gasteiger partial charge is 0.384 e. The molecule has 3 aromatic rings. The summed E-state index contributed by atoms with van der Waals surface area (Å²) >= 11 is 0. The van der Waals surface area contributed by atoms with Crippen molar-refractivity contribution in [3.8, 4) is 11.3 Å². The number of hydrogen-bond donors (Lipinski definition) is 1. The molecule has 0 saturated carbocycles. The highest BCUT2D eigenvalue weighted by Gasteiger charge is 2.18. The minimum absolute atomic E-state index is 0.547. The Kier molecular flexibility index (Phi) is 3.42. The number of fused-ring (bicyclic) bond motifs is 1. The van der Waals surface area contributed by atoms with Gasteiger partial charge in [-0.2, -0.15) is 5.10 Å². The van der Waals surface area contributed by atoms with Gasteiger partial charge in [-0.15, -0.1) is 0 Å². The van der Waals surface area contributed by atoms with Gasteiger partial charge in [-0.05, 0) is 23.1 Å². The van der Waals surface area contributed by atoms with Gasteiger partial charge in [0.1, 0.15) is 5.82 Å². The molecule has 1 heterocycles. The van der Waals surface area contributed by atoms with Crippen LogP contribution in [-0.4, -0.2) is 9.78 Å². The zero-order valence-electron chi connectivity index (χ0n) is 12.8. The summed E-state index contributed by atoms with van der Waals surface area (Å²) in [6, 6.07) is 14.8. The normalized spacial score (nSPS) is 11.4. The van der Waals surface area contributed by atoms with E-state index in [0.29, 0.717) is 5.92 Å². The number of rotatable bonds is 3. The monoisotopic (exact) mass is 279 g/mol. The van der Waals surface area contributed by atoms with Crippen LogP contribution in [0.1, 0.15) is 19.4 Å². The van der Waals surface area contributed by atoms with E-state index in [9.17, 15) is 0 Å². The molecule has 0 spiro atoms. The summed E-state index contributed by atoms with van der Waals surface area (Å²) in [5.74, 6) is 1.32. The summed E-state index contributed by atoms with van der Waals surface area (Å²) < 4.78 is 1.79. The van der Waals surface area contributed by atoms with Crippen LogP contribution in [0.2, 0.25) is 0 Å². The summed E-state index contributed by atoms with van der Waals surface area (Å²) in [7, 11) is 1.91. The lowest BCUT2D eigenvalue weighted by Crippen LogP contribution is -2.02. The quantitative estimate of drug-likeness (QED) is 0.787. The van der Waals surface area contributed by atoms with Crippen molar-refractivity contribution < 1.29 is 0 Å². The third kappa shape index (κ3) is 2.40. The molecule has 0 aliphatic rings. The van der Waals surface area contributed by atoms with Crippen LogP contribution in [0.25, 0.3) is 22.0 Å². The minimum Gasteiger partial charge on any atom is -0.384 e. The standard InChI is InChI=1S/C18H21N3/c1-12(2)11-16-17(20-21(3)18(16)19)15-10-6-8-13-7-4-5-9-14(13)15/h4-10,12H,11,19H2,1-3H3. The lowest BCUT2D eigenvalue weighted by atomic mass is 9.96. The summed E-state index contributed by atoms with van der Waals surface area (Å²) in [5, 5.41) is 7.13. The van der Waals surface area contributed by atoms with Crippen LogP contribution in [0.4, 0.5) is 5.82 Å². The number of nitrogens with zero attached hydrogens (tertiary/aromatic N) is 2. The van der Waals surface area contributed by atoms with Crippen molar-refractivity contribution in [3.63, 3.8) is 0 Å². The summed E-state index contributed by atoms with van der Waals surface area (Å²) in [5.41, 5.74) is 9.57. The second kappa shape index (κ2) is 5.24. The highest BCUT2D eigenvalue weighted by atomic mass is 15.3. The van der Waals surface area contributed by atoms with Crippen LogP contribution in [-0.2, 0) is 13.5 Å². The van der Waals surface area contributed by atoms with Crippen molar-refractivity contribution in [2.24, 2.45) is 13.0 Å². The molecule has 3 heteroatoms. The highest BCUT2D eigenvalue weighted by Crippen LogP contribution is 2.33. The van der Waals surface area contributed by atoms with Crippen molar-refractivity contribution in [3.05, 3.63) is 48.0 Å². The molecule has 0 amide bonds. The van der Waals surface area contributed by atoms with Crippen molar-refractivity contribution >= 4 is 16.6 Å². The predicted molar refractivity (Wildman–Crippen MR) is 89.1 cm³/mol. The molecular formula is C18H21N3. The Bertz CT molecular complexity index is 779. The van der Waals surface area contributed by atoms with Gasteiger partial charge in [-0.1, -0.05) is 56.3 Å². The summed E-state index contributed by atoms with van der Waals surface area (Å²) in [6.45, 7) is 4.42. The average molecular weight is 279 g/mol. The first-order valence-corrected chi connectivity index (χ1v) is 7.37. The third-order valence-electron chi connectivity index (χ3n) is 3.85. The number of aromatic nitrogens is 2. The number of anilines is 1. The molecule has 0 saturated heterocycles. The third-order valence-corrected chi connectivity index (χ3v) is 3.85. The molecule has 0 aliphatic heterocycles. The van der Waals surface area contributed by atoms with Gasteiger partial charge in [0.05, 0.1) is 5.69 Å². The Balaban J connectivity index is 2.26. The molecule has 3 rings (SSSR count). The van der Waals surface area contributed by atoms with Crippen LogP contribution in [0, 0.1) is 5.92 Å². The Morgan fingerprint density at radius 2 is 1.81 bits per heavy atom. The second-order valence-corrected chi connectivity index (χ2v) is 5.96. The van der Waals surface area contributed by atoms with E-state index >= 15 is 0 Å². The fourth-order valence-electron chi connectivity index (χ4n) is 2.84. The molecule has 0 bridgehead atoms. The van der Waals surface area contributed by atoms with Gasteiger partial charge in [0.15, 0.2) is 0 Å². The number of nitrogens with two attached hydrogens (primary N) is 1. The smallest absolute Gasteiger partial charge is 0.125 e. The molecule has 0 radical (unpaired) electrons. The van der Waals surface area contributed by atoms with E-state index in [-0.39, 0.29) is 0 Å². The van der Waals surface area contributed by atoms with Gasteiger partial charge in [0.2, 0.25) is 0 Å². The Labute approximate surface area is 125 Å². The Morgan fingerprint density at radius 3 is 2.57 bits per heavy atom. The topological polar surface area (TPSA) is 43.8 Å². The van der Waals surface area contributed by atoms with E-state index in [0.717, 1.165) is 29.1 Å². The first-order valence-electron chi connectivity index (χ1n) is 7.37. The molecule has 3 nitrogen and oxygen atoms in total. The van der Waals surface area contributed by atoms with Crippen molar-refractivity contribution in [1.82, 2.24) is 9.78 Å². The van der Waals surface area contributed by atoms with Crippen LogP contribution in [0.3, 0.4) is 0 Å². The van der Waals surface area contributed by atoms with Crippen molar-refractivity contribution in [1.29, 1.82) is 0 Å². The first-order chi connectivity index (χ1) is 10.1. The van der Waals surface area contributed by atoms with E-state index in [1.54, 1.807) is 4.68 Å². The zero-order valence-corrected chi connectivity index (χ0v) is 12.8. The highest BCUT2D eigenvalue weighted by molar-refractivity contribution is 5.96. The van der Waals surface area contributed by atoms with E-state index in [1.807, 2.05) is 7.05 Å². The van der Waals surface area contributed by atoms with Gasteiger partial charge in [0, 0.05) is 18.2 Å². The van der Waals surface area contributed by atoms with Crippen molar-refractivity contribution in [2.75, 3.05) is 5.73 Å². The lowest BCUT2D eigenvalue weighted by Gasteiger charge is -2.09. The van der Waals surface area contributed by atoms with Crippen LogP contribution < -0.4 is 5.73 Å².